The number of carbonyl (C=O) groups excluding carboxylic acids is 1. The van der Waals surface area contributed by atoms with Gasteiger partial charge in [-0.3, -0.25) is 4.79 Å². The summed E-state index contributed by atoms with van der Waals surface area (Å²) in [7, 11) is 0. The van der Waals surface area contributed by atoms with Crippen LogP contribution in [0.15, 0.2) is 0 Å². The fourth-order valence-corrected chi connectivity index (χ4v) is 1.84. The molecule has 0 aromatic rings. The molecular formula is C9HF16NO2. The number of ketones is 1. The first-order valence-electron chi connectivity index (χ1n) is 5.92. The highest BCUT2D eigenvalue weighted by atomic mass is 19.4. The predicted octanol–water partition coefficient (Wildman–Crippen LogP) is 4.59. The van der Waals surface area contributed by atoms with Crippen LogP contribution in [0.2, 0.25) is 0 Å². The summed E-state index contributed by atoms with van der Waals surface area (Å²) < 4.78 is 207. The Labute approximate surface area is 140 Å². The van der Waals surface area contributed by atoms with Crippen molar-refractivity contribution in [2.24, 2.45) is 5.92 Å². The van der Waals surface area contributed by atoms with Gasteiger partial charge in [-0.2, -0.15) is 70.2 Å². The van der Waals surface area contributed by atoms with E-state index in [1.165, 1.54) is 0 Å². The van der Waals surface area contributed by atoms with E-state index in [1.54, 1.807) is 4.74 Å². The normalized spacial score (nSPS) is 25.0. The maximum Gasteiger partial charge on any atom is 0.439 e. The summed E-state index contributed by atoms with van der Waals surface area (Å²) in [6.45, 7) is 0. The van der Waals surface area contributed by atoms with Crippen LogP contribution in [-0.4, -0.2) is 53.4 Å². The van der Waals surface area contributed by atoms with E-state index in [9.17, 15) is 75.0 Å². The molecule has 1 fully saturated rings. The van der Waals surface area contributed by atoms with Crippen LogP contribution in [0.25, 0.3) is 0 Å². The van der Waals surface area contributed by atoms with Gasteiger partial charge < -0.3 is 0 Å². The summed E-state index contributed by atoms with van der Waals surface area (Å²) in [6, 6.07) is -22.3. The number of hydrogen-bond donors (Lipinski definition) is 0. The van der Waals surface area contributed by atoms with Crippen molar-refractivity contribution >= 4 is 5.78 Å². The molecule has 0 unspecified atom stereocenters. The fourth-order valence-electron chi connectivity index (χ4n) is 1.84. The van der Waals surface area contributed by atoms with Gasteiger partial charge in [0, 0.05) is 0 Å². The molecule has 28 heavy (non-hydrogen) atoms. The molecule has 166 valence electrons. The third-order valence-corrected chi connectivity index (χ3v) is 3.01. The third kappa shape index (κ3) is 3.45. The van der Waals surface area contributed by atoms with Crippen LogP contribution < -0.4 is 0 Å². The Morgan fingerprint density at radius 1 is 0.679 bits per heavy atom. The van der Waals surface area contributed by atoms with Crippen LogP contribution in [-0.2, 0) is 9.53 Å². The first-order chi connectivity index (χ1) is 11.8. The molecule has 0 spiro atoms. The molecule has 0 radical (unpaired) electrons. The minimum absolute atomic E-state index is 1.69. The van der Waals surface area contributed by atoms with Crippen LogP contribution in [0.5, 0.6) is 0 Å². The summed E-state index contributed by atoms with van der Waals surface area (Å²) in [5, 5.41) is 0. The summed E-state index contributed by atoms with van der Waals surface area (Å²) >= 11 is 0. The number of morpholine rings is 1. The quantitative estimate of drug-likeness (QED) is 0.457. The maximum absolute atomic E-state index is 13.6. The zero-order valence-corrected chi connectivity index (χ0v) is 11.9. The lowest BCUT2D eigenvalue weighted by atomic mass is 9.99. The van der Waals surface area contributed by atoms with Gasteiger partial charge in [-0.15, -0.1) is 0 Å². The molecule has 0 aromatic heterocycles. The molecule has 1 rings (SSSR count). The molecule has 0 saturated carbocycles. The molecule has 0 atom stereocenters. The van der Waals surface area contributed by atoms with Crippen LogP contribution in [0, 0.1) is 5.92 Å². The van der Waals surface area contributed by atoms with Crippen LogP contribution in [0.1, 0.15) is 0 Å². The Morgan fingerprint density at radius 2 is 0.964 bits per heavy atom. The molecule has 0 amide bonds. The highest BCUT2D eigenvalue weighted by molar-refractivity contribution is 5.89. The van der Waals surface area contributed by atoms with E-state index in [1.807, 2.05) is 0 Å². The molecule has 1 aliphatic heterocycles. The van der Waals surface area contributed by atoms with Crippen LogP contribution >= 0.6 is 0 Å². The van der Waals surface area contributed by atoms with Crippen molar-refractivity contribution in [2.45, 2.75) is 42.7 Å². The van der Waals surface area contributed by atoms with Gasteiger partial charge in [0.15, 0.2) is 0 Å². The second-order valence-electron chi connectivity index (χ2n) is 4.98. The van der Waals surface area contributed by atoms with E-state index in [4.69, 9.17) is 0 Å². The molecule has 0 bridgehead atoms. The molecule has 19 heteroatoms. The van der Waals surface area contributed by atoms with Crippen molar-refractivity contribution < 1.29 is 79.8 Å². The standard InChI is InChI=1S/C9HF16NO2/c10-3(11,12)1(4(13,14)15)2(27)5(16,17)26-6(18,19)8(22,23)28-9(24,25)7(26,20)21/h1H. The third-order valence-electron chi connectivity index (χ3n) is 3.01. The van der Waals surface area contributed by atoms with Crippen molar-refractivity contribution in [3.63, 3.8) is 0 Å². The van der Waals surface area contributed by atoms with Gasteiger partial charge >= 0.3 is 42.7 Å². The Morgan fingerprint density at radius 3 is 1.21 bits per heavy atom. The lowest BCUT2D eigenvalue weighted by Crippen LogP contribution is -2.79. The number of alkyl halides is 16. The number of carbonyl (C=O) groups is 1. The van der Waals surface area contributed by atoms with E-state index < -0.39 is 59.3 Å². The van der Waals surface area contributed by atoms with Gasteiger partial charge in [-0.25, -0.2) is 4.74 Å². The van der Waals surface area contributed by atoms with E-state index >= 15 is 0 Å². The van der Waals surface area contributed by atoms with Crippen molar-refractivity contribution in [3.05, 3.63) is 0 Å². The number of rotatable bonds is 3. The summed E-state index contributed by atoms with van der Waals surface area (Å²) in [6.07, 6.45) is -28.2. The highest BCUT2D eigenvalue weighted by Crippen LogP contribution is 2.59. The molecular weight excluding hydrogens is 458 g/mol. The van der Waals surface area contributed by atoms with E-state index in [-0.39, 0.29) is 0 Å². The zero-order chi connectivity index (χ0) is 22.9. The molecule has 1 saturated heterocycles. The van der Waals surface area contributed by atoms with Gasteiger partial charge in [0.2, 0.25) is 11.7 Å². The minimum atomic E-state index is -7.54. The lowest BCUT2D eigenvalue weighted by molar-refractivity contribution is -0.581. The maximum atomic E-state index is 13.6. The molecule has 1 heterocycles. The molecule has 3 nitrogen and oxygen atoms in total. The number of halogens is 16. The van der Waals surface area contributed by atoms with Crippen LogP contribution in [0.4, 0.5) is 70.2 Å². The Balaban J connectivity index is 3.73. The van der Waals surface area contributed by atoms with Crippen molar-refractivity contribution in [2.75, 3.05) is 0 Å². The Hall–Kier alpha value is -1.53. The van der Waals surface area contributed by atoms with Gasteiger partial charge in [0.25, 0.3) is 0 Å². The number of ether oxygens (including phenoxy) is 1. The van der Waals surface area contributed by atoms with Crippen molar-refractivity contribution in [3.8, 4) is 0 Å². The molecule has 0 aromatic carbocycles. The van der Waals surface area contributed by atoms with E-state index in [2.05, 4.69) is 0 Å². The SMILES string of the molecule is O=C(C(C(F)(F)F)C(F)(F)F)C(F)(F)N1C(F)(F)C(F)(F)OC(F)(F)C1(F)F. The molecule has 1 aliphatic rings. The smallest absolute Gasteiger partial charge is 0.290 e. The minimum Gasteiger partial charge on any atom is -0.290 e. The zero-order valence-electron chi connectivity index (χ0n) is 11.9. The van der Waals surface area contributed by atoms with Gasteiger partial charge in [-0.1, -0.05) is 4.90 Å². The van der Waals surface area contributed by atoms with Crippen LogP contribution in [0.3, 0.4) is 0 Å². The van der Waals surface area contributed by atoms with E-state index in [0.717, 1.165) is 0 Å². The molecule has 0 N–H and O–H groups in total. The van der Waals surface area contributed by atoms with Gasteiger partial charge in [-0.05, 0) is 0 Å². The van der Waals surface area contributed by atoms with Crippen molar-refractivity contribution in [1.82, 2.24) is 4.90 Å². The van der Waals surface area contributed by atoms with Gasteiger partial charge in [0.1, 0.15) is 0 Å². The highest BCUT2D eigenvalue weighted by Gasteiger charge is 2.88. The second kappa shape index (κ2) is 5.99. The predicted molar refractivity (Wildman–Crippen MR) is 48.3 cm³/mol. The molecule has 0 aliphatic carbocycles. The number of nitrogens with zero attached hydrogens (tertiary/aromatic N) is 1. The van der Waals surface area contributed by atoms with Gasteiger partial charge in [0.05, 0.1) is 0 Å². The summed E-state index contributed by atoms with van der Waals surface area (Å²) in [5.41, 5.74) is 0. The number of hydrogen-bond acceptors (Lipinski definition) is 3. The van der Waals surface area contributed by atoms with Crippen molar-refractivity contribution in [1.29, 1.82) is 0 Å². The second-order valence-corrected chi connectivity index (χ2v) is 4.98. The average molecular weight is 459 g/mol. The fraction of sp³-hybridized carbons (Fsp3) is 0.889. The monoisotopic (exact) mass is 459 g/mol. The first-order valence-corrected chi connectivity index (χ1v) is 5.92. The lowest BCUT2D eigenvalue weighted by Gasteiger charge is -2.49. The Bertz CT molecular complexity index is 593. The summed E-state index contributed by atoms with van der Waals surface area (Å²) in [5.74, 6) is -10.9. The summed E-state index contributed by atoms with van der Waals surface area (Å²) in [4.78, 5) is 6.89. The average Bonchev–Trinajstić information content (AvgIpc) is 2.30. The first kappa shape index (κ1) is 24.5. The largest absolute Gasteiger partial charge is 0.439 e. The van der Waals surface area contributed by atoms with E-state index in [0.29, 0.717) is 0 Å². The Kier molecular flexibility index (Phi) is 5.24. The topological polar surface area (TPSA) is 29.5 Å². The number of Topliss-reactive ketones (excluding diaryl/α,β-unsaturated/α-hetero) is 1.